The lowest BCUT2D eigenvalue weighted by atomic mass is 9.92. The van der Waals surface area contributed by atoms with Gasteiger partial charge in [-0.2, -0.15) is 0 Å². The average Bonchev–Trinajstić information content (AvgIpc) is 3.08. The molecule has 164 valence electrons. The van der Waals surface area contributed by atoms with Crippen LogP contribution in [0, 0.1) is 5.92 Å². The number of aliphatic carboxylic acids is 2. The minimum absolute atomic E-state index is 0.0474. The van der Waals surface area contributed by atoms with E-state index in [0.717, 1.165) is 36.6 Å². The first-order valence-electron chi connectivity index (χ1n) is 11.0. The fourth-order valence-electron chi connectivity index (χ4n) is 3.89. The molecule has 30 heavy (non-hydrogen) atoms. The number of fused-ring (bicyclic) bond motifs is 1. The topological polar surface area (TPSA) is 96.6 Å². The molecule has 0 amide bonds. The van der Waals surface area contributed by atoms with Gasteiger partial charge in [0.2, 0.25) is 0 Å². The van der Waals surface area contributed by atoms with E-state index in [4.69, 9.17) is 5.11 Å². The number of hydrogen-bond acceptors (Lipinski definition) is 3. The van der Waals surface area contributed by atoms with E-state index in [-0.39, 0.29) is 12.2 Å². The lowest BCUT2D eigenvalue weighted by molar-refractivity contribution is -0.140. The molecule has 0 aliphatic heterocycles. The summed E-state index contributed by atoms with van der Waals surface area (Å²) in [7, 11) is 0. The van der Waals surface area contributed by atoms with Crippen molar-refractivity contribution in [1.29, 1.82) is 0 Å². The van der Waals surface area contributed by atoms with Gasteiger partial charge in [-0.3, -0.25) is 14.4 Å². The van der Waals surface area contributed by atoms with E-state index in [1.54, 1.807) is 6.20 Å². The van der Waals surface area contributed by atoms with Gasteiger partial charge in [0, 0.05) is 35.6 Å². The quantitative estimate of drug-likeness (QED) is 0.226. The van der Waals surface area contributed by atoms with Crippen LogP contribution in [0.2, 0.25) is 0 Å². The predicted molar refractivity (Wildman–Crippen MR) is 117 cm³/mol. The molecule has 0 saturated carbocycles. The summed E-state index contributed by atoms with van der Waals surface area (Å²) in [6, 6.07) is 7.38. The van der Waals surface area contributed by atoms with E-state index in [0.29, 0.717) is 24.9 Å². The first kappa shape index (κ1) is 23.6. The third kappa shape index (κ3) is 6.71. The van der Waals surface area contributed by atoms with Crippen LogP contribution in [0.3, 0.4) is 0 Å². The molecule has 1 aromatic heterocycles. The Bertz CT molecular complexity index is 854. The molecule has 1 aromatic carbocycles. The molecule has 0 saturated heterocycles. The Labute approximate surface area is 177 Å². The Morgan fingerprint density at radius 1 is 0.933 bits per heavy atom. The van der Waals surface area contributed by atoms with E-state index in [1.165, 1.54) is 19.3 Å². The standard InChI is InChI=1S/C24H33NO5/c1-2-3-4-5-6-7-8-13-19(24(29)30)23(28)20-17-25(16-11-15-22(26)27)21-14-10-9-12-18(20)21/h9-10,12,14,17,19H,2-8,11,13,15-16H2,1H3,(H,26,27)(H,29,30). The van der Waals surface area contributed by atoms with Crippen LogP contribution in [0.5, 0.6) is 0 Å². The number of rotatable bonds is 15. The first-order valence-corrected chi connectivity index (χ1v) is 11.0. The molecule has 1 heterocycles. The Morgan fingerprint density at radius 3 is 2.27 bits per heavy atom. The number of carboxylic acids is 2. The zero-order chi connectivity index (χ0) is 21.9. The number of carbonyl (C=O) groups is 3. The SMILES string of the molecule is CCCCCCCCCC(C(=O)O)C(=O)c1cn(CCCC(=O)O)c2ccccc12. The van der Waals surface area contributed by atoms with Gasteiger partial charge in [0.05, 0.1) is 0 Å². The molecule has 0 aliphatic carbocycles. The molecule has 1 unspecified atom stereocenters. The van der Waals surface area contributed by atoms with E-state index in [2.05, 4.69) is 6.92 Å². The second-order valence-electron chi connectivity index (χ2n) is 7.92. The Kier molecular flexibility index (Phi) is 9.58. The van der Waals surface area contributed by atoms with Gasteiger partial charge in [-0.15, -0.1) is 0 Å². The molecular formula is C24H33NO5. The average molecular weight is 416 g/mol. The molecule has 0 spiro atoms. The minimum atomic E-state index is -1.08. The number of ketones is 1. The number of hydrogen-bond donors (Lipinski definition) is 2. The highest BCUT2D eigenvalue weighted by Gasteiger charge is 2.29. The number of aryl methyl sites for hydroxylation is 1. The molecule has 2 rings (SSSR count). The largest absolute Gasteiger partial charge is 0.481 e. The summed E-state index contributed by atoms with van der Waals surface area (Å²) < 4.78 is 1.86. The van der Waals surface area contributed by atoms with Gasteiger partial charge in [0.1, 0.15) is 5.92 Å². The molecule has 1 atom stereocenters. The Balaban J connectivity index is 2.08. The molecule has 0 aliphatic rings. The van der Waals surface area contributed by atoms with Crippen molar-refractivity contribution in [3.05, 3.63) is 36.0 Å². The van der Waals surface area contributed by atoms with Crippen LogP contribution in [0.15, 0.2) is 30.5 Å². The third-order valence-electron chi connectivity index (χ3n) is 5.55. The molecule has 0 bridgehead atoms. The molecule has 2 aromatic rings. The molecule has 0 fully saturated rings. The number of carbonyl (C=O) groups excluding carboxylic acids is 1. The van der Waals surface area contributed by atoms with Crippen LogP contribution in [-0.4, -0.2) is 32.5 Å². The maximum absolute atomic E-state index is 13.1. The van der Waals surface area contributed by atoms with Crippen molar-refractivity contribution in [1.82, 2.24) is 4.57 Å². The van der Waals surface area contributed by atoms with Crippen LogP contribution in [-0.2, 0) is 16.1 Å². The highest BCUT2D eigenvalue weighted by atomic mass is 16.4. The van der Waals surface area contributed by atoms with Crippen molar-refractivity contribution in [2.75, 3.05) is 0 Å². The zero-order valence-corrected chi connectivity index (χ0v) is 17.8. The van der Waals surface area contributed by atoms with E-state index in [1.807, 2.05) is 28.8 Å². The summed E-state index contributed by atoms with van der Waals surface area (Å²) in [5.74, 6) is -3.34. The number of unbranched alkanes of at least 4 members (excludes halogenated alkanes) is 6. The summed E-state index contributed by atoms with van der Waals surface area (Å²) in [6.45, 7) is 2.64. The van der Waals surface area contributed by atoms with E-state index >= 15 is 0 Å². The smallest absolute Gasteiger partial charge is 0.314 e. The van der Waals surface area contributed by atoms with Gasteiger partial charge >= 0.3 is 11.9 Å². The summed E-state index contributed by atoms with van der Waals surface area (Å²) in [5, 5.41) is 19.3. The van der Waals surface area contributed by atoms with Crippen LogP contribution < -0.4 is 0 Å². The summed E-state index contributed by atoms with van der Waals surface area (Å²) in [5.41, 5.74) is 1.24. The molecular weight excluding hydrogens is 382 g/mol. The van der Waals surface area contributed by atoms with Gasteiger partial charge in [-0.25, -0.2) is 0 Å². The lowest BCUT2D eigenvalue weighted by Gasteiger charge is -2.11. The van der Waals surface area contributed by atoms with Gasteiger partial charge in [0.25, 0.3) is 0 Å². The number of nitrogens with zero attached hydrogens (tertiary/aromatic N) is 1. The fraction of sp³-hybridized carbons (Fsp3) is 0.542. The molecule has 6 nitrogen and oxygen atoms in total. The van der Waals surface area contributed by atoms with Crippen molar-refractivity contribution in [3.8, 4) is 0 Å². The van der Waals surface area contributed by atoms with Crippen LogP contribution in [0.25, 0.3) is 10.9 Å². The lowest BCUT2D eigenvalue weighted by Crippen LogP contribution is -2.24. The monoisotopic (exact) mass is 415 g/mol. The van der Waals surface area contributed by atoms with E-state index in [9.17, 15) is 19.5 Å². The number of Topliss-reactive ketones (excluding diaryl/α,β-unsaturated/α-hetero) is 1. The number of benzene rings is 1. The van der Waals surface area contributed by atoms with Gasteiger partial charge < -0.3 is 14.8 Å². The minimum Gasteiger partial charge on any atom is -0.481 e. The highest BCUT2D eigenvalue weighted by molar-refractivity contribution is 6.15. The summed E-state index contributed by atoms with van der Waals surface area (Å²) in [6.07, 6.45) is 10.1. The highest BCUT2D eigenvalue weighted by Crippen LogP contribution is 2.26. The van der Waals surface area contributed by atoms with Crippen molar-refractivity contribution in [3.63, 3.8) is 0 Å². The first-order chi connectivity index (χ1) is 14.5. The fourth-order valence-corrected chi connectivity index (χ4v) is 3.89. The normalized spacial score (nSPS) is 12.2. The van der Waals surface area contributed by atoms with Crippen molar-refractivity contribution in [2.24, 2.45) is 5.92 Å². The Hall–Kier alpha value is -2.63. The van der Waals surface area contributed by atoms with Crippen LogP contribution >= 0.6 is 0 Å². The number of aromatic nitrogens is 1. The number of carboxylic acid groups (broad SMARTS) is 2. The third-order valence-corrected chi connectivity index (χ3v) is 5.55. The van der Waals surface area contributed by atoms with Crippen molar-refractivity contribution < 1.29 is 24.6 Å². The van der Waals surface area contributed by atoms with Crippen LogP contribution in [0.4, 0.5) is 0 Å². The Morgan fingerprint density at radius 2 is 1.60 bits per heavy atom. The predicted octanol–water partition coefficient (Wildman–Crippen LogP) is 5.53. The molecule has 6 heteroatoms. The summed E-state index contributed by atoms with van der Waals surface area (Å²) in [4.78, 5) is 35.7. The van der Waals surface area contributed by atoms with Gasteiger partial charge in [-0.05, 0) is 18.9 Å². The molecule has 2 N–H and O–H groups in total. The van der Waals surface area contributed by atoms with E-state index < -0.39 is 17.9 Å². The maximum Gasteiger partial charge on any atom is 0.314 e. The van der Waals surface area contributed by atoms with Gasteiger partial charge in [0.15, 0.2) is 5.78 Å². The van der Waals surface area contributed by atoms with Crippen molar-refractivity contribution >= 4 is 28.6 Å². The molecule has 0 radical (unpaired) electrons. The zero-order valence-electron chi connectivity index (χ0n) is 17.8. The number of para-hydroxylation sites is 1. The van der Waals surface area contributed by atoms with Gasteiger partial charge in [-0.1, -0.05) is 70.1 Å². The maximum atomic E-state index is 13.1. The summed E-state index contributed by atoms with van der Waals surface area (Å²) >= 11 is 0. The second-order valence-corrected chi connectivity index (χ2v) is 7.92. The second kappa shape index (κ2) is 12.2. The van der Waals surface area contributed by atoms with Crippen molar-refractivity contribution in [2.45, 2.75) is 77.7 Å². The van der Waals surface area contributed by atoms with Crippen LogP contribution in [0.1, 0.15) is 81.5 Å².